The number of rotatable bonds is 2. The summed E-state index contributed by atoms with van der Waals surface area (Å²) in [5.74, 6) is 1.91. The maximum Gasteiger partial charge on any atom is 0.219 e. The molecule has 0 atom stereocenters. The number of piperazine rings is 1. The third-order valence-corrected chi connectivity index (χ3v) is 5.11. The molecule has 2 aromatic rings. The smallest absolute Gasteiger partial charge is 0.219 e. The highest BCUT2D eigenvalue weighted by Crippen LogP contribution is 2.27. The van der Waals surface area contributed by atoms with E-state index in [9.17, 15) is 4.79 Å². The van der Waals surface area contributed by atoms with Crippen LogP contribution in [0.4, 0.5) is 5.82 Å². The molecular weight excluding hydrogens is 328 g/mol. The van der Waals surface area contributed by atoms with E-state index >= 15 is 0 Å². The lowest BCUT2D eigenvalue weighted by Crippen LogP contribution is -2.48. The minimum absolute atomic E-state index is 0.145. The minimum Gasteiger partial charge on any atom is -0.353 e. The van der Waals surface area contributed by atoms with Gasteiger partial charge in [0.1, 0.15) is 5.82 Å². The Labute approximate surface area is 153 Å². The summed E-state index contributed by atoms with van der Waals surface area (Å²) in [6, 6.07) is 3.92. The molecule has 0 aromatic carbocycles. The summed E-state index contributed by atoms with van der Waals surface area (Å²) in [6.07, 6.45) is 5.42. The number of carbonyl (C=O) groups is 1. The first-order chi connectivity index (χ1) is 12.7. The van der Waals surface area contributed by atoms with Crippen molar-refractivity contribution in [3.05, 3.63) is 35.8 Å². The predicted octanol–water partition coefficient (Wildman–Crippen LogP) is 0.895. The first-order valence-corrected chi connectivity index (χ1v) is 9.24. The van der Waals surface area contributed by atoms with Crippen LogP contribution in [0.3, 0.4) is 0 Å². The number of fused-ring (bicyclic) bond motifs is 1. The second-order valence-corrected chi connectivity index (χ2v) is 6.78. The van der Waals surface area contributed by atoms with Gasteiger partial charge < -0.3 is 15.1 Å². The Balaban J connectivity index is 1.71. The van der Waals surface area contributed by atoms with Gasteiger partial charge in [-0.2, -0.15) is 0 Å². The Morgan fingerprint density at radius 3 is 2.65 bits per heavy atom. The van der Waals surface area contributed by atoms with Gasteiger partial charge in [-0.3, -0.25) is 9.78 Å². The summed E-state index contributed by atoms with van der Waals surface area (Å²) in [5, 5.41) is 3.45. The van der Waals surface area contributed by atoms with Crippen molar-refractivity contribution in [3.8, 4) is 11.4 Å². The van der Waals surface area contributed by atoms with E-state index in [4.69, 9.17) is 9.97 Å². The minimum atomic E-state index is 0.145. The number of nitrogens with one attached hydrogen (secondary N) is 1. The number of pyridine rings is 1. The van der Waals surface area contributed by atoms with Crippen LogP contribution in [-0.2, 0) is 17.6 Å². The molecule has 136 valence electrons. The SMILES string of the molecule is CC(=O)N1CCN(c2nc(-c3cccnc3)nc3c2CCNCC3)CC1. The lowest BCUT2D eigenvalue weighted by atomic mass is 10.1. The van der Waals surface area contributed by atoms with E-state index in [-0.39, 0.29) is 5.91 Å². The molecule has 2 aliphatic rings. The molecular formula is C19H24N6O. The van der Waals surface area contributed by atoms with Crippen LogP contribution in [-0.4, -0.2) is 65.0 Å². The van der Waals surface area contributed by atoms with Crippen molar-refractivity contribution < 1.29 is 4.79 Å². The summed E-state index contributed by atoms with van der Waals surface area (Å²) in [4.78, 5) is 29.8. The number of anilines is 1. The van der Waals surface area contributed by atoms with Crippen molar-refractivity contribution in [2.75, 3.05) is 44.2 Å². The van der Waals surface area contributed by atoms with Crippen LogP contribution < -0.4 is 10.2 Å². The molecule has 7 heteroatoms. The van der Waals surface area contributed by atoms with E-state index in [1.807, 2.05) is 23.2 Å². The van der Waals surface area contributed by atoms with Gasteiger partial charge in [-0.05, 0) is 25.1 Å². The molecule has 0 radical (unpaired) electrons. The molecule has 2 aromatic heterocycles. The zero-order valence-corrected chi connectivity index (χ0v) is 15.1. The molecule has 0 spiro atoms. The van der Waals surface area contributed by atoms with Crippen LogP contribution in [0.2, 0.25) is 0 Å². The van der Waals surface area contributed by atoms with Crippen LogP contribution in [0.25, 0.3) is 11.4 Å². The highest BCUT2D eigenvalue weighted by Gasteiger charge is 2.25. The van der Waals surface area contributed by atoms with Gasteiger partial charge in [0, 0.05) is 69.6 Å². The monoisotopic (exact) mass is 352 g/mol. The van der Waals surface area contributed by atoms with Crippen LogP contribution in [0.15, 0.2) is 24.5 Å². The van der Waals surface area contributed by atoms with E-state index in [2.05, 4.69) is 15.2 Å². The summed E-state index contributed by atoms with van der Waals surface area (Å²) in [5.41, 5.74) is 3.32. The number of aromatic nitrogens is 3. The van der Waals surface area contributed by atoms with Crippen molar-refractivity contribution in [1.29, 1.82) is 0 Å². The molecule has 4 heterocycles. The average Bonchev–Trinajstić information content (AvgIpc) is 2.93. The number of hydrogen-bond acceptors (Lipinski definition) is 6. The van der Waals surface area contributed by atoms with Crippen molar-refractivity contribution in [1.82, 2.24) is 25.2 Å². The van der Waals surface area contributed by atoms with Gasteiger partial charge in [0.15, 0.2) is 5.82 Å². The summed E-state index contributed by atoms with van der Waals surface area (Å²) >= 11 is 0. The van der Waals surface area contributed by atoms with Crippen LogP contribution in [0.5, 0.6) is 0 Å². The normalized spacial score (nSPS) is 17.6. The van der Waals surface area contributed by atoms with Gasteiger partial charge in [0.2, 0.25) is 5.91 Å². The molecule has 1 saturated heterocycles. The molecule has 0 aliphatic carbocycles. The first-order valence-electron chi connectivity index (χ1n) is 9.24. The van der Waals surface area contributed by atoms with Crippen molar-refractivity contribution >= 4 is 11.7 Å². The fourth-order valence-electron chi connectivity index (χ4n) is 3.64. The quantitative estimate of drug-likeness (QED) is 0.865. The summed E-state index contributed by atoms with van der Waals surface area (Å²) in [7, 11) is 0. The Kier molecular flexibility index (Phi) is 4.79. The molecule has 0 saturated carbocycles. The van der Waals surface area contributed by atoms with Gasteiger partial charge in [-0.25, -0.2) is 9.97 Å². The van der Waals surface area contributed by atoms with Gasteiger partial charge in [0.05, 0.1) is 5.69 Å². The lowest BCUT2D eigenvalue weighted by Gasteiger charge is -2.36. The number of amides is 1. The van der Waals surface area contributed by atoms with Crippen molar-refractivity contribution in [2.24, 2.45) is 0 Å². The maximum atomic E-state index is 11.6. The molecule has 26 heavy (non-hydrogen) atoms. The number of carbonyl (C=O) groups excluding carboxylic acids is 1. The Morgan fingerprint density at radius 1 is 1.12 bits per heavy atom. The largest absolute Gasteiger partial charge is 0.353 e. The van der Waals surface area contributed by atoms with Crippen LogP contribution >= 0.6 is 0 Å². The van der Waals surface area contributed by atoms with Crippen molar-refractivity contribution in [2.45, 2.75) is 19.8 Å². The van der Waals surface area contributed by atoms with E-state index in [0.29, 0.717) is 0 Å². The van der Waals surface area contributed by atoms with E-state index < -0.39 is 0 Å². The summed E-state index contributed by atoms with van der Waals surface area (Å²) in [6.45, 7) is 6.63. The first kappa shape index (κ1) is 16.9. The van der Waals surface area contributed by atoms with Crippen molar-refractivity contribution in [3.63, 3.8) is 0 Å². The van der Waals surface area contributed by atoms with Gasteiger partial charge in [0.25, 0.3) is 0 Å². The fraction of sp³-hybridized carbons (Fsp3) is 0.474. The summed E-state index contributed by atoms with van der Waals surface area (Å²) < 4.78 is 0. The standard InChI is InChI=1S/C19H24N6O/c1-14(26)24-9-11-25(12-10-24)19-16-4-7-20-8-5-17(16)22-18(23-19)15-3-2-6-21-13-15/h2-3,6,13,20H,4-5,7-12H2,1H3. The molecule has 0 bridgehead atoms. The van der Waals surface area contributed by atoms with E-state index in [1.54, 1.807) is 13.1 Å². The molecule has 1 N–H and O–H groups in total. The van der Waals surface area contributed by atoms with Gasteiger partial charge in [-0.15, -0.1) is 0 Å². The van der Waals surface area contributed by atoms with E-state index in [1.165, 1.54) is 5.56 Å². The zero-order valence-electron chi connectivity index (χ0n) is 15.1. The zero-order chi connectivity index (χ0) is 17.9. The van der Waals surface area contributed by atoms with Crippen LogP contribution in [0.1, 0.15) is 18.2 Å². The molecule has 1 amide bonds. The number of nitrogens with zero attached hydrogens (tertiary/aromatic N) is 5. The van der Waals surface area contributed by atoms with Crippen LogP contribution in [0, 0.1) is 0 Å². The molecule has 1 fully saturated rings. The predicted molar refractivity (Wildman–Crippen MR) is 100 cm³/mol. The van der Waals surface area contributed by atoms with Gasteiger partial charge >= 0.3 is 0 Å². The Morgan fingerprint density at radius 2 is 1.92 bits per heavy atom. The molecule has 0 unspecified atom stereocenters. The molecule has 7 nitrogen and oxygen atoms in total. The maximum absolute atomic E-state index is 11.6. The highest BCUT2D eigenvalue weighted by atomic mass is 16.2. The fourth-order valence-corrected chi connectivity index (χ4v) is 3.64. The topological polar surface area (TPSA) is 74.2 Å². The second-order valence-electron chi connectivity index (χ2n) is 6.78. The molecule has 2 aliphatic heterocycles. The molecule has 4 rings (SSSR count). The number of hydrogen-bond donors (Lipinski definition) is 1. The average molecular weight is 352 g/mol. The highest BCUT2D eigenvalue weighted by molar-refractivity contribution is 5.73. The Bertz CT molecular complexity index is 786. The Hall–Kier alpha value is -2.54. The lowest BCUT2D eigenvalue weighted by molar-refractivity contribution is -0.129. The van der Waals surface area contributed by atoms with E-state index in [0.717, 1.165) is 75.0 Å². The third-order valence-electron chi connectivity index (χ3n) is 5.11. The second kappa shape index (κ2) is 7.37. The van der Waals surface area contributed by atoms with Gasteiger partial charge in [-0.1, -0.05) is 0 Å². The third kappa shape index (κ3) is 3.39.